The number of hydrogen-bond acceptors (Lipinski definition) is 3. The van der Waals surface area contributed by atoms with Crippen molar-refractivity contribution in [1.29, 1.82) is 0 Å². The first-order chi connectivity index (χ1) is 13.0. The molecule has 0 heterocycles. The first-order valence-corrected chi connectivity index (χ1v) is 9.18. The van der Waals surface area contributed by atoms with Crippen LogP contribution in [-0.4, -0.2) is 19.7 Å². The zero-order chi connectivity index (χ0) is 19.6. The lowest BCUT2D eigenvalue weighted by Crippen LogP contribution is -2.01. The molecule has 0 aliphatic carbocycles. The second-order valence-corrected chi connectivity index (χ2v) is 6.76. The Bertz CT molecular complexity index is 793. The van der Waals surface area contributed by atoms with Crippen molar-refractivity contribution < 1.29 is 14.3 Å². The average molecular weight is 364 g/mol. The van der Waals surface area contributed by atoms with Gasteiger partial charge in [-0.1, -0.05) is 48.0 Å². The van der Waals surface area contributed by atoms with Crippen molar-refractivity contribution in [2.24, 2.45) is 0 Å². The number of carbonyl (C=O) groups excluding carboxylic acids is 1. The van der Waals surface area contributed by atoms with Crippen LogP contribution in [0.4, 0.5) is 0 Å². The highest BCUT2D eigenvalue weighted by Crippen LogP contribution is 2.21. The van der Waals surface area contributed by atoms with Crippen molar-refractivity contribution in [2.45, 2.75) is 33.6 Å². The van der Waals surface area contributed by atoms with Crippen molar-refractivity contribution >= 4 is 17.6 Å². The highest BCUT2D eigenvalue weighted by molar-refractivity contribution is 5.80. The van der Waals surface area contributed by atoms with Crippen molar-refractivity contribution in [1.82, 2.24) is 0 Å². The molecule has 2 aromatic carbocycles. The summed E-state index contributed by atoms with van der Waals surface area (Å²) < 4.78 is 10.4. The van der Waals surface area contributed by atoms with E-state index < -0.39 is 0 Å². The van der Waals surface area contributed by atoms with Gasteiger partial charge in [0.25, 0.3) is 0 Å². The summed E-state index contributed by atoms with van der Waals surface area (Å²) in [5, 5.41) is 0. The number of allylic oxidation sites excluding steroid dienone is 2. The molecule has 0 fully saturated rings. The topological polar surface area (TPSA) is 35.5 Å². The fourth-order valence-electron chi connectivity index (χ4n) is 2.58. The second kappa shape index (κ2) is 10.4. The SMILES string of the molecule is COC(=O)CCc1ccc(C=C(C)c2ccc(OCC=C(C)C)cc2)cc1. The third-order valence-corrected chi connectivity index (χ3v) is 4.26. The van der Waals surface area contributed by atoms with Gasteiger partial charge in [-0.25, -0.2) is 0 Å². The highest BCUT2D eigenvalue weighted by Gasteiger charge is 2.02. The number of aryl methyl sites for hydroxylation is 1. The van der Waals surface area contributed by atoms with E-state index >= 15 is 0 Å². The molecule has 142 valence electrons. The minimum Gasteiger partial charge on any atom is -0.490 e. The minimum absolute atomic E-state index is 0.178. The number of rotatable bonds is 8. The summed E-state index contributed by atoms with van der Waals surface area (Å²) in [4.78, 5) is 11.2. The molecule has 0 aliphatic heterocycles. The molecule has 27 heavy (non-hydrogen) atoms. The van der Waals surface area contributed by atoms with Gasteiger partial charge >= 0.3 is 5.97 Å². The predicted molar refractivity (Wildman–Crippen MR) is 112 cm³/mol. The Morgan fingerprint density at radius 3 is 2.22 bits per heavy atom. The molecule has 0 N–H and O–H groups in total. The minimum atomic E-state index is -0.178. The standard InChI is InChI=1S/C24H28O3/c1-18(2)15-16-27-23-12-10-22(11-13-23)19(3)17-21-7-5-20(6-8-21)9-14-24(25)26-4/h5-8,10-13,15,17H,9,14,16H2,1-4H3. The first-order valence-electron chi connectivity index (χ1n) is 9.18. The first kappa shape index (κ1) is 20.5. The fraction of sp³-hybridized carbons (Fsp3) is 0.292. The maximum absolute atomic E-state index is 11.2. The molecule has 0 saturated heterocycles. The summed E-state index contributed by atoms with van der Waals surface area (Å²) in [5.41, 5.74) is 5.88. The van der Waals surface area contributed by atoms with Crippen molar-refractivity contribution in [3.63, 3.8) is 0 Å². The predicted octanol–water partition coefficient (Wildman–Crippen LogP) is 5.70. The van der Waals surface area contributed by atoms with Gasteiger partial charge in [0, 0.05) is 6.42 Å². The molecule has 3 heteroatoms. The number of carbonyl (C=O) groups is 1. The Morgan fingerprint density at radius 1 is 0.963 bits per heavy atom. The lowest BCUT2D eigenvalue weighted by Gasteiger charge is -2.07. The van der Waals surface area contributed by atoms with Crippen molar-refractivity contribution in [3.05, 3.63) is 76.9 Å². The Morgan fingerprint density at radius 2 is 1.63 bits per heavy atom. The van der Waals surface area contributed by atoms with Crippen LogP contribution in [0.2, 0.25) is 0 Å². The van der Waals surface area contributed by atoms with Crippen LogP contribution in [0.25, 0.3) is 11.6 Å². The number of hydrogen-bond donors (Lipinski definition) is 0. The fourth-order valence-corrected chi connectivity index (χ4v) is 2.58. The molecule has 3 nitrogen and oxygen atoms in total. The molecular formula is C24H28O3. The summed E-state index contributed by atoms with van der Waals surface area (Å²) in [6.45, 7) is 6.82. The van der Waals surface area contributed by atoms with Crippen LogP contribution in [0.1, 0.15) is 43.9 Å². The summed E-state index contributed by atoms with van der Waals surface area (Å²) in [5.74, 6) is 0.696. The monoisotopic (exact) mass is 364 g/mol. The van der Waals surface area contributed by atoms with E-state index in [0.29, 0.717) is 19.4 Å². The van der Waals surface area contributed by atoms with Gasteiger partial charge in [-0.2, -0.15) is 0 Å². The zero-order valence-corrected chi connectivity index (χ0v) is 16.6. The van der Waals surface area contributed by atoms with Gasteiger partial charge in [0.15, 0.2) is 0 Å². The van der Waals surface area contributed by atoms with Gasteiger partial charge in [-0.3, -0.25) is 4.79 Å². The molecule has 0 atom stereocenters. The number of esters is 1. The molecule has 2 rings (SSSR count). The molecule has 2 aromatic rings. The van der Waals surface area contributed by atoms with Gasteiger partial charge in [-0.05, 0) is 67.7 Å². The second-order valence-electron chi connectivity index (χ2n) is 6.76. The van der Waals surface area contributed by atoms with E-state index in [1.165, 1.54) is 23.8 Å². The van der Waals surface area contributed by atoms with Crippen LogP contribution < -0.4 is 4.74 Å². The van der Waals surface area contributed by atoms with E-state index in [0.717, 1.165) is 16.9 Å². The Kier molecular flexibility index (Phi) is 7.87. The Labute approximate surface area is 162 Å². The summed E-state index contributed by atoms with van der Waals surface area (Å²) >= 11 is 0. The molecule has 0 spiro atoms. The van der Waals surface area contributed by atoms with Gasteiger partial charge in [0.1, 0.15) is 12.4 Å². The Hall–Kier alpha value is -2.81. The quantitative estimate of drug-likeness (QED) is 0.342. The highest BCUT2D eigenvalue weighted by atomic mass is 16.5. The van der Waals surface area contributed by atoms with Crippen molar-refractivity contribution in [2.75, 3.05) is 13.7 Å². The zero-order valence-electron chi connectivity index (χ0n) is 16.6. The van der Waals surface area contributed by atoms with Crippen LogP contribution >= 0.6 is 0 Å². The van der Waals surface area contributed by atoms with Gasteiger partial charge in [0.05, 0.1) is 7.11 Å². The van der Waals surface area contributed by atoms with Crippen LogP contribution in [0, 0.1) is 0 Å². The van der Waals surface area contributed by atoms with Gasteiger partial charge in [0.2, 0.25) is 0 Å². The van der Waals surface area contributed by atoms with E-state index in [1.54, 1.807) is 0 Å². The molecule has 0 aliphatic rings. The lowest BCUT2D eigenvalue weighted by molar-refractivity contribution is -0.140. The molecule has 0 amide bonds. The molecule has 0 saturated carbocycles. The maximum Gasteiger partial charge on any atom is 0.305 e. The van der Waals surface area contributed by atoms with E-state index in [1.807, 2.05) is 12.1 Å². The van der Waals surface area contributed by atoms with Crippen molar-refractivity contribution in [3.8, 4) is 5.75 Å². The number of ether oxygens (including phenoxy) is 2. The van der Waals surface area contributed by atoms with E-state index in [2.05, 4.69) is 74.1 Å². The van der Waals surface area contributed by atoms with Crippen LogP contribution in [0.5, 0.6) is 5.75 Å². The molecule has 0 radical (unpaired) electrons. The van der Waals surface area contributed by atoms with Gasteiger partial charge < -0.3 is 9.47 Å². The summed E-state index contributed by atoms with van der Waals surface area (Å²) in [7, 11) is 1.42. The van der Waals surface area contributed by atoms with E-state index in [9.17, 15) is 4.79 Å². The number of methoxy groups -OCH3 is 1. The summed E-state index contributed by atoms with van der Waals surface area (Å²) in [6, 6.07) is 16.4. The molecule has 0 aromatic heterocycles. The van der Waals surface area contributed by atoms with Crippen LogP contribution in [-0.2, 0) is 16.0 Å². The Balaban J connectivity index is 1.97. The third kappa shape index (κ3) is 7.14. The number of benzene rings is 2. The van der Waals surface area contributed by atoms with E-state index in [4.69, 9.17) is 4.74 Å². The normalized spacial score (nSPS) is 11.0. The molecular weight excluding hydrogens is 336 g/mol. The van der Waals surface area contributed by atoms with Crippen LogP contribution in [0.15, 0.2) is 60.2 Å². The van der Waals surface area contributed by atoms with Gasteiger partial charge in [-0.15, -0.1) is 0 Å². The van der Waals surface area contributed by atoms with Crippen LogP contribution in [0.3, 0.4) is 0 Å². The molecule has 0 unspecified atom stereocenters. The average Bonchev–Trinajstić information content (AvgIpc) is 2.67. The molecule has 0 bridgehead atoms. The smallest absolute Gasteiger partial charge is 0.305 e. The third-order valence-electron chi connectivity index (χ3n) is 4.26. The lowest BCUT2D eigenvalue weighted by atomic mass is 10.0. The maximum atomic E-state index is 11.2. The largest absolute Gasteiger partial charge is 0.490 e. The summed E-state index contributed by atoms with van der Waals surface area (Å²) in [6.07, 6.45) is 5.33. The van der Waals surface area contributed by atoms with E-state index in [-0.39, 0.29) is 5.97 Å².